The summed E-state index contributed by atoms with van der Waals surface area (Å²) in [7, 11) is 1.80. The fourth-order valence-corrected chi connectivity index (χ4v) is 1.76. The van der Waals surface area contributed by atoms with Gasteiger partial charge in [-0.25, -0.2) is 0 Å². The van der Waals surface area contributed by atoms with Crippen LogP contribution < -0.4 is 10.6 Å². The first-order valence-corrected chi connectivity index (χ1v) is 6.72. The molecule has 1 aromatic heterocycles. The number of aliphatic imine (C=N–C) groups is 1. The maximum Gasteiger partial charge on any atom is 0.191 e. The standard InChI is InChI=1S/C13H25N5.HI/c1-4-12(5-2)11-16-13(14-3)15-8-10-18-9-6-7-17-18;/h6-7,9,12H,4-5,8,10-11H2,1-3H3,(H2,14,15,16);1H. The number of nitrogens with zero attached hydrogens (tertiary/aromatic N) is 3. The molecule has 6 heteroatoms. The van der Waals surface area contributed by atoms with Crippen LogP contribution in [0.5, 0.6) is 0 Å². The summed E-state index contributed by atoms with van der Waals surface area (Å²) in [4.78, 5) is 4.21. The van der Waals surface area contributed by atoms with Crippen molar-refractivity contribution in [1.82, 2.24) is 20.4 Å². The zero-order valence-corrected chi connectivity index (χ0v) is 14.4. The summed E-state index contributed by atoms with van der Waals surface area (Å²) in [6.45, 7) is 7.10. The maximum atomic E-state index is 4.21. The largest absolute Gasteiger partial charge is 0.356 e. The predicted octanol–water partition coefficient (Wildman–Crippen LogP) is 2.10. The Morgan fingerprint density at radius 2 is 2.05 bits per heavy atom. The molecule has 0 saturated carbocycles. The quantitative estimate of drug-likeness (QED) is 0.434. The predicted molar refractivity (Wildman–Crippen MR) is 91.1 cm³/mol. The van der Waals surface area contributed by atoms with E-state index in [4.69, 9.17) is 0 Å². The van der Waals surface area contributed by atoms with Crippen molar-refractivity contribution in [2.75, 3.05) is 20.1 Å². The average molecular weight is 379 g/mol. The highest BCUT2D eigenvalue weighted by molar-refractivity contribution is 14.0. The minimum atomic E-state index is 0. The van der Waals surface area contributed by atoms with Crippen LogP contribution in [0.25, 0.3) is 0 Å². The molecule has 0 aliphatic heterocycles. The van der Waals surface area contributed by atoms with Gasteiger partial charge in [-0.3, -0.25) is 9.67 Å². The van der Waals surface area contributed by atoms with Crippen molar-refractivity contribution in [2.24, 2.45) is 10.9 Å². The van der Waals surface area contributed by atoms with Gasteiger partial charge in [0.25, 0.3) is 0 Å². The third-order valence-electron chi connectivity index (χ3n) is 3.13. The van der Waals surface area contributed by atoms with Crippen LogP contribution in [-0.2, 0) is 6.54 Å². The molecule has 0 saturated heterocycles. The molecule has 0 radical (unpaired) electrons. The third kappa shape index (κ3) is 7.39. The van der Waals surface area contributed by atoms with Gasteiger partial charge in [0.1, 0.15) is 0 Å². The van der Waals surface area contributed by atoms with Crippen LogP contribution in [0.2, 0.25) is 0 Å². The Morgan fingerprint density at radius 3 is 2.58 bits per heavy atom. The van der Waals surface area contributed by atoms with Gasteiger partial charge in [0.2, 0.25) is 0 Å². The van der Waals surface area contributed by atoms with Crippen LogP contribution in [0.4, 0.5) is 0 Å². The molecule has 110 valence electrons. The molecule has 0 aliphatic rings. The second kappa shape index (κ2) is 11.1. The van der Waals surface area contributed by atoms with E-state index in [2.05, 4.69) is 34.6 Å². The van der Waals surface area contributed by atoms with Gasteiger partial charge in [-0.2, -0.15) is 5.10 Å². The number of hydrogen-bond donors (Lipinski definition) is 2. The Morgan fingerprint density at radius 1 is 1.32 bits per heavy atom. The van der Waals surface area contributed by atoms with Crippen LogP contribution in [0.1, 0.15) is 26.7 Å². The first kappa shape index (κ1) is 18.2. The van der Waals surface area contributed by atoms with Gasteiger partial charge in [0, 0.05) is 32.5 Å². The molecule has 0 bridgehead atoms. The highest BCUT2D eigenvalue weighted by Crippen LogP contribution is 2.04. The Bertz CT molecular complexity index is 333. The first-order chi connectivity index (χ1) is 8.80. The molecule has 1 rings (SSSR count). The second-order valence-corrected chi connectivity index (χ2v) is 4.33. The van der Waals surface area contributed by atoms with Gasteiger partial charge < -0.3 is 10.6 Å². The van der Waals surface area contributed by atoms with E-state index in [9.17, 15) is 0 Å². The van der Waals surface area contributed by atoms with Crippen LogP contribution in [-0.4, -0.2) is 35.9 Å². The van der Waals surface area contributed by atoms with Crippen LogP contribution in [0.15, 0.2) is 23.5 Å². The van der Waals surface area contributed by atoms with Crippen molar-refractivity contribution in [1.29, 1.82) is 0 Å². The molecule has 0 atom stereocenters. The highest BCUT2D eigenvalue weighted by atomic mass is 127. The third-order valence-corrected chi connectivity index (χ3v) is 3.13. The van der Waals surface area contributed by atoms with Crippen molar-refractivity contribution >= 4 is 29.9 Å². The molecule has 1 aromatic rings. The minimum absolute atomic E-state index is 0. The highest BCUT2D eigenvalue weighted by Gasteiger charge is 2.04. The molecule has 0 fully saturated rings. The van der Waals surface area contributed by atoms with E-state index in [1.165, 1.54) is 12.8 Å². The normalized spacial score (nSPS) is 11.3. The number of guanidine groups is 1. The summed E-state index contributed by atoms with van der Waals surface area (Å²) in [5, 5.41) is 10.8. The minimum Gasteiger partial charge on any atom is -0.356 e. The Labute approximate surface area is 133 Å². The topological polar surface area (TPSA) is 54.2 Å². The van der Waals surface area contributed by atoms with E-state index in [-0.39, 0.29) is 24.0 Å². The molecule has 5 nitrogen and oxygen atoms in total. The van der Waals surface area contributed by atoms with Crippen LogP contribution in [0.3, 0.4) is 0 Å². The van der Waals surface area contributed by atoms with E-state index in [0.717, 1.165) is 31.5 Å². The van der Waals surface area contributed by atoms with Gasteiger partial charge in [-0.05, 0) is 12.0 Å². The van der Waals surface area contributed by atoms with Crippen molar-refractivity contribution in [3.8, 4) is 0 Å². The first-order valence-electron chi connectivity index (χ1n) is 6.72. The molecule has 0 amide bonds. The monoisotopic (exact) mass is 379 g/mol. The van der Waals surface area contributed by atoms with Crippen LogP contribution in [0, 0.1) is 5.92 Å². The van der Waals surface area contributed by atoms with Gasteiger partial charge >= 0.3 is 0 Å². The maximum absolute atomic E-state index is 4.21. The second-order valence-electron chi connectivity index (χ2n) is 4.33. The molecule has 2 N–H and O–H groups in total. The number of halogens is 1. The summed E-state index contributed by atoms with van der Waals surface area (Å²) < 4.78 is 1.90. The lowest BCUT2D eigenvalue weighted by molar-refractivity contribution is 0.480. The lowest BCUT2D eigenvalue weighted by atomic mass is 10.0. The summed E-state index contributed by atoms with van der Waals surface area (Å²) >= 11 is 0. The van der Waals surface area contributed by atoms with E-state index in [0.29, 0.717) is 0 Å². The Kier molecular flexibility index (Phi) is 10.6. The van der Waals surface area contributed by atoms with Crippen LogP contribution >= 0.6 is 24.0 Å². The Balaban J connectivity index is 0.00000324. The molecular weight excluding hydrogens is 353 g/mol. The summed E-state index contributed by atoms with van der Waals surface area (Å²) in [6.07, 6.45) is 6.16. The lowest BCUT2D eigenvalue weighted by Gasteiger charge is -2.16. The van der Waals surface area contributed by atoms with Crippen molar-refractivity contribution in [2.45, 2.75) is 33.2 Å². The van der Waals surface area contributed by atoms with Crippen molar-refractivity contribution in [3.05, 3.63) is 18.5 Å². The van der Waals surface area contributed by atoms with E-state index >= 15 is 0 Å². The summed E-state index contributed by atoms with van der Waals surface area (Å²) in [6, 6.07) is 1.93. The summed E-state index contributed by atoms with van der Waals surface area (Å²) in [5.74, 6) is 1.59. The summed E-state index contributed by atoms with van der Waals surface area (Å²) in [5.41, 5.74) is 0. The Hall–Kier alpha value is -0.790. The van der Waals surface area contributed by atoms with Crippen molar-refractivity contribution < 1.29 is 0 Å². The van der Waals surface area contributed by atoms with Gasteiger partial charge in [-0.15, -0.1) is 24.0 Å². The number of aromatic nitrogens is 2. The van der Waals surface area contributed by atoms with Crippen molar-refractivity contribution in [3.63, 3.8) is 0 Å². The molecule has 0 unspecified atom stereocenters. The number of hydrogen-bond acceptors (Lipinski definition) is 2. The lowest BCUT2D eigenvalue weighted by Crippen LogP contribution is -2.40. The molecule has 1 heterocycles. The fraction of sp³-hybridized carbons (Fsp3) is 0.692. The van der Waals surface area contributed by atoms with Gasteiger partial charge in [0.15, 0.2) is 5.96 Å². The smallest absolute Gasteiger partial charge is 0.191 e. The van der Waals surface area contributed by atoms with E-state index < -0.39 is 0 Å². The molecule has 0 aromatic carbocycles. The zero-order valence-electron chi connectivity index (χ0n) is 12.1. The SMILES string of the molecule is CCC(CC)CNC(=NC)NCCn1cccn1.I. The van der Waals surface area contributed by atoms with Gasteiger partial charge in [0.05, 0.1) is 6.54 Å². The average Bonchev–Trinajstić information content (AvgIpc) is 2.91. The van der Waals surface area contributed by atoms with E-state index in [1.807, 2.05) is 16.9 Å². The molecule has 0 spiro atoms. The molecule has 19 heavy (non-hydrogen) atoms. The van der Waals surface area contributed by atoms with E-state index in [1.54, 1.807) is 13.2 Å². The zero-order chi connectivity index (χ0) is 13.2. The molecule has 0 aliphatic carbocycles. The number of rotatable bonds is 7. The fourth-order valence-electron chi connectivity index (χ4n) is 1.76. The number of nitrogens with one attached hydrogen (secondary N) is 2. The molecular formula is C13H26IN5. The van der Waals surface area contributed by atoms with Gasteiger partial charge in [-0.1, -0.05) is 26.7 Å².